The molecule has 1 aromatic rings. The van der Waals surface area contributed by atoms with Crippen LogP contribution in [-0.4, -0.2) is 19.3 Å². The average Bonchev–Trinajstić information content (AvgIpc) is 2.74. The summed E-state index contributed by atoms with van der Waals surface area (Å²) in [4.78, 5) is 5.43. The lowest BCUT2D eigenvalue weighted by Gasteiger charge is -2.14. The van der Waals surface area contributed by atoms with Crippen LogP contribution in [0.15, 0.2) is 12.1 Å². The van der Waals surface area contributed by atoms with Gasteiger partial charge in [0.05, 0.1) is 13.2 Å². The molecule has 0 aliphatic carbocycles. The molecule has 1 aliphatic rings. The Labute approximate surface area is 121 Å². The van der Waals surface area contributed by atoms with Crippen LogP contribution in [0.1, 0.15) is 38.8 Å². The highest BCUT2D eigenvalue weighted by atomic mass is 16.6. The van der Waals surface area contributed by atoms with Crippen molar-refractivity contribution in [3.63, 3.8) is 0 Å². The monoisotopic (exact) mass is 279 g/mol. The molecule has 0 saturated carbocycles. The first-order valence-electron chi connectivity index (χ1n) is 7.40. The molecular weight excluding hydrogens is 254 g/mol. The normalized spacial score (nSPS) is 17.1. The Morgan fingerprint density at radius 3 is 2.90 bits per heavy atom. The van der Waals surface area contributed by atoms with E-state index in [2.05, 4.69) is 38.4 Å². The number of hydroxylamine groups is 1. The van der Waals surface area contributed by atoms with E-state index in [-0.39, 0.29) is 6.10 Å². The third kappa shape index (κ3) is 3.87. The Balaban J connectivity index is 2.04. The lowest BCUT2D eigenvalue weighted by Crippen LogP contribution is -2.18. The lowest BCUT2D eigenvalue weighted by atomic mass is 10.1. The van der Waals surface area contributed by atoms with E-state index in [0.29, 0.717) is 25.7 Å². The number of fused-ring (bicyclic) bond motifs is 1. The highest BCUT2D eigenvalue weighted by molar-refractivity contribution is 5.48. The molecular formula is C16H25NO3. The van der Waals surface area contributed by atoms with Gasteiger partial charge in [0.25, 0.3) is 0 Å². The van der Waals surface area contributed by atoms with Crippen LogP contribution < -0.4 is 15.0 Å². The van der Waals surface area contributed by atoms with E-state index in [1.165, 1.54) is 5.56 Å². The summed E-state index contributed by atoms with van der Waals surface area (Å²) in [5.41, 5.74) is 5.30. The summed E-state index contributed by atoms with van der Waals surface area (Å²) >= 11 is 0. The highest BCUT2D eigenvalue weighted by Crippen LogP contribution is 2.35. The number of ether oxygens (including phenoxy) is 2. The van der Waals surface area contributed by atoms with Gasteiger partial charge in [-0.2, -0.15) is 5.48 Å². The second-order valence-corrected chi connectivity index (χ2v) is 5.66. The predicted molar refractivity (Wildman–Crippen MR) is 79.0 cm³/mol. The SMILES string of the molecule is CCOc1cc2c(cc1CNOCC(C)C)OC(C)C2. The van der Waals surface area contributed by atoms with Crippen LogP contribution in [0.4, 0.5) is 0 Å². The molecule has 112 valence electrons. The molecule has 1 heterocycles. The van der Waals surface area contributed by atoms with E-state index in [4.69, 9.17) is 14.3 Å². The molecule has 0 amide bonds. The van der Waals surface area contributed by atoms with Gasteiger partial charge < -0.3 is 14.3 Å². The summed E-state index contributed by atoms with van der Waals surface area (Å²) in [6.07, 6.45) is 1.20. The van der Waals surface area contributed by atoms with Crippen LogP contribution in [0.3, 0.4) is 0 Å². The number of hydrogen-bond acceptors (Lipinski definition) is 4. The Morgan fingerprint density at radius 1 is 1.40 bits per heavy atom. The smallest absolute Gasteiger partial charge is 0.124 e. The maximum atomic E-state index is 5.80. The first-order valence-corrected chi connectivity index (χ1v) is 7.40. The van der Waals surface area contributed by atoms with Crippen LogP contribution in [-0.2, 0) is 17.8 Å². The fourth-order valence-electron chi connectivity index (χ4n) is 2.26. The molecule has 20 heavy (non-hydrogen) atoms. The standard InChI is InChI=1S/C16H25NO3/c1-5-18-15-7-13-6-12(4)20-16(13)8-14(15)9-17-19-10-11(2)3/h7-8,11-12,17H,5-6,9-10H2,1-4H3. The van der Waals surface area contributed by atoms with Crippen LogP contribution in [0, 0.1) is 5.92 Å². The number of nitrogens with one attached hydrogen (secondary N) is 1. The number of rotatable bonds is 7. The number of benzene rings is 1. The van der Waals surface area contributed by atoms with E-state index in [1.54, 1.807) is 0 Å². The third-order valence-corrected chi connectivity index (χ3v) is 3.16. The van der Waals surface area contributed by atoms with Gasteiger partial charge in [-0.25, -0.2) is 0 Å². The molecule has 4 heteroatoms. The van der Waals surface area contributed by atoms with E-state index in [1.807, 2.05) is 6.92 Å². The predicted octanol–water partition coefficient (Wildman–Crippen LogP) is 3.09. The molecule has 0 spiro atoms. The van der Waals surface area contributed by atoms with Crippen molar-refractivity contribution in [1.82, 2.24) is 5.48 Å². The van der Waals surface area contributed by atoms with Crippen molar-refractivity contribution < 1.29 is 14.3 Å². The van der Waals surface area contributed by atoms with Crippen molar-refractivity contribution in [3.05, 3.63) is 23.3 Å². The van der Waals surface area contributed by atoms with Gasteiger partial charge in [0.1, 0.15) is 17.6 Å². The summed E-state index contributed by atoms with van der Waals surface area (Å²) in [6.45, 7) is 10.3. The molecule has 0 fully saturated rings. The molecule has 0 saturated heterocycles. The zero-order valence-corrected chi connectivity index (χ0v) is 12.9. The fraction of sp³-hybridized carbons (Fsp3) is 0.625. The maximum absolute atomic E-state index is 5.80. The third-order valence-electron chi connectivity index (χ3n) is 3.16. The molecule has 4 nitrogen and oxygen atoms in total. The second-order valence-electron chi connectivity index (χ2n) is 5.66. The Hall–Kier alpha value is -1.26. The van der Waals surface area contributed by atoms with Gasteiger partial charge in [-0.3, -0.25) is 0 Å². The summed E-state index contributed by atoms with van der Waals surface area (Å²) in [7, 11) is 0. The van der Waals surface area contributed by atoms with E-state index >= 15 is 0 Å². The molecule has 1 aliphatic heterocycles. The van der Waals surface area contributed by atoms with Gasteiger partial charge in [-0.15, -0.1) is 0 Å². The van der Waals surface area contributed by atoms with Crippen LogP contribution in [0.2, 0.25) is 0 Å². The van der Waals surface area contributed by atoms with E-state index < -0.39 is 0 Å². The van der Waals surface area contributed by atoms with E-state index in [9.17, 15) is 0 Å². The number of hydrogen-bond donors (Lipinski definition) is 1. The van der Waals surface area contributed by atoms with Crippen LogP contribution >= 0.6 is 0 Å². The van der Waals surface area contributed by atoms with Crippen LogP contribution in [0.5, 0.6) is 11.5 Å². The van der Waals surface area contributed by atoms with Gasteiger partial charge in [0.2, 0.25) is 0 Å². The first kappa shape index (κ1) is 15.1. The molecule has 1 N–H and O–H groups in total. The highest BCUT2D eigenvalue weighted by Gasteiger charge is 2.21. The van der Waals surface area contributed by atoms with Crippen molar-refractivity contribution in [1.29, 1.82) is 0 Å². The van der Waals surface area contributed by atoms with Gasteiger partial charge in [0.15, 0.2) is 0 Å². The lowest BCUT2D eigenvalue weighted by molar-refractivity contribution is 0.0192. The molecule has 2 rings (SSSR count). The molecule has 0 bridgehead atoms. The quantitative estimate of drug-likeness (QED) is 0.615. The van der Waals surface area contributed by atoms with Crippen molar-refractivity contribution in [2.45, 2.75) is 46.8 Å². The topological polar surface area (TPSA) is 39.7 Å². The van der Waals surface area contributed by atoms with Gasteiger partial charge in [-0.05, 0) is 31.9 Å². The molecule has 1 atom stereocenters. The second kappa shape index (κ2) is 6.95. The van der Waals surface area contributed by atoms with Crippen molar-refractivity contribution in [3.8, 4) is 11.5 Å². The Kier molecular flexibility index (Phi) is 5.26. The maximum Gasteiger partial charge on any atom is 0.124 e. The Bertz CT molecular complexity index is 446. The summed E-state index contributed by atoms with van der Waals surface area (Å²) < 4.78 is 11.5. The minimum absolute atomic E-state index is 0.250. The largest absolute Gasteiger partial charge is 0.494 e. The summed E-state index contributed by atoms with van der Waals surface area (Å²) in [5.74, 6) is 2.41. The first-order chi connectivity index (χ1) is 9.60. The average molecular weight is 279 g/mol. The van der Waals surface area contributed by atoms with E-state index in [0.717, 1.165) is 23.5 Å². The fourth-order valence-corrected chi connectivity index (χ4v) is 2.26. The van der Waals surface area contributed by atoms with Gasteiger partial charge in [0, 0.05) is 24.1 Å². The minimum Gasteiger partial charge on any atom is -0.494 e. The molecule has 1 unspecified atom stereocenters. The van der Waals surface area contributed by atoms with Gasteiger partial charge >= 0.3 is 0 Å². The summed E-state index contributed by atoms with van der Waals surface area (Å²) in [5, 5.41) is 0. The van der Waals surface area contributed by atoms with Crippen molar-refractivity contribution >= 4 is 0 Å². The Morgan fingerprint density at radius 2 is 2.20 bits per heavy atom. The minimum atomic E-state index is 0.250. The molecule has 1 aromatic carbocycles. The van der Waals surface area contributed by atoms with Crippen molar-refractivity contribution in [2.24, 2.45) is 5.92 Å². The van der Waals surface area contributed by atoms with Crippen LogP contribution in [0.25, 0.3) is 0 Å². The molecule has 0 aromatic heterocycles. The zero-order chi connectivity index (χ0) is 14.5. The van der Waals surface area contributed by atoms with Crippen molar-refractivity contribution in [2.75, 3.05) is 13.2 Å². The zero-order valence-electron chi connectivity index (χ0n) is 12.9. The molecule has 0 radical (unpaired) electrons. The summed E-state index contributed by atoms with van der Waals surface area (Å²) in [6, 6.07) is 4.16. The van der Waals surface area contributed by atoms with Gasteiger partial charge in [-0.1, -0.05) is 13.8 Å².